The summed E-state index contributed by atoms with van der Waals surface area (Å²) in [7, 11) is 0. The third-order valence-electron chi connectivity index (χ3n) is 3.36. The van der Waals surface area contributed by atoms with E-state index >= 15 is 0 Å². The lowest BCUT2D eigenvalue weighted by Gasteiger charge is -2.14. The molecule has 0 bridgehead atoms. The average Bonchev–Trinajstić information content (AvgIpc) is 2.91. The lowest BCUT2D eigenvalue weighted by Crippen LogP contribution is -2.04. The van der Waals surface area contributed by atoms with Crippen molar-refractivity contribution in [1.29, 1.82) is 0 Å². The molecule has 106 valence electrons. The lowest BCUT2D eigenvalue weighted by atomic mass is 9.95. The molecule has 3 nitrogen and oxygen atoms in total. The molecular weight excluding hydrogens is 352 g/mol. The molecule has 3 aromatic rings. The third kappa shape index (κ3) is 2.48. The van der Waals surface area contributed by atoms with Gasteiger partial charge in [0.15, 0.2) is 0 Å². The van der Waals surface area contributed by atoms with Crippen molar-refractivity contribution in [2.45, 2.75) is 6.10 Å². The number of thiophene rings is 1. The summed E-state index contributed by atoms with van der Waals surface area (Å²) < 4.78 is 0.824. The highest BCUT2D eigenvalue weighted by Crippen LogP contribution is 2.37. The monoisotopic (exact) mass is 362 g/mol. The van der Waals surface area contributed by atoms with Gasteiger partial charge in [0.25, 0.3) is 0 Å². The molecule has 2 aromatic carbocycles. The molecule has 3 rings (SSSR count). The maximum Gasteiger partial charge on any atom is 0.336 e. The summed E-state index contributed by atoms with van der Waals surface area (Å²) in [6, 6.07) is 12.4. The molecule has 1 heterocycles. The first kappa shape index (κ1) is 14.3. The number of aromatic carboxylic acids is 1. The van der Waals surface area contributed by atoms with E-state index in [0.29, 0.717) is 10.9 Å². The van der Waals surface area contributed by atoms with Crippen LogP contribution in [0.25, 0.3) is 10.8 Å². The van der Waals surface area contributed by atoms with Crippen molar-refractivity contribution >= 4 is 44.0 Å². The first-order chi connectivity index (χ1) is 10.1. The standard InChI is InChI=1S/C16H11BrO3S/c17-12-7-8-21-15(12)14(18)10-5-1-3-9-4-2-6-11(13(9)10)16(19)20/h1-8,14,18H,(H,19,20). The second kappa shape index (κ2) is 5.60. The molecule has 2 N–H and O–H groups in total. The van der Waals surface area contributed by atoms with Crippen LogP contribution in [0.4, 0.5) is 0 Å². The van der Waals surface area contributed by atoms with E-state index in [1.54, 1.807) is 18.2 Å². The van der Waals surface area contributed by atoms with Gasteiger partial charge in [0.2, 0.25) is 0 Å². The van der Waals surface area contributed by atoms with Crippen LogP contribution >= 0.6 is 27.3 Å². The summed E-state index contributed by atoms with van der Waals surface area (Å²) in [6.07, 6.45) is -0.858. The Bertz CT molecular complexity index is 820. The third-order valence-corrected chi connectivity index (χ3v) is 5.28. The maximum absolute atomic E-state index is 11.5. The Balaban J connectivity index is 2.28. The summed E-state index contributed by atoms with van der Waals surface area (Å²) >= 11 is 4.84. The van der Waals surface area contributed by atoms with E-state index in [9.17, 15) is 15.0 Å². The van der Waals surface area contributed by atoms with Gasteiger partial charge in [0.1, 0.15) is 6.10 Å². The molecule has 0 radical (unpaired) electrons. The number of carboxylic acid groups (broad SMARTS) is 1. The van der Waals surface area contributed by atoms with Gasteiger partial charge in [-0.05, 0) is 44.4 Å². The van der Waals surface area contributed by atoms with Gasteiger partial charge in [-0.1, -0.05) is 30.3 Å². The van der Waals surface area contributed by atoms with E-state index in [1.807, 2.05) is 29.6 Å². The van der Waals surface area contributed by atoms with Crippen molar-refractivity contribution in [1.82, 2.24) is 0 Å². The number of rotatable bonds is 3. The Morgan fingerprint density at radius 2 is 1.86 bits per heavy atom. The normalized spacial score (nSPS) is 12.5. The largest absolute Gasteiger partial charge is 0.478 e. The fourth-order valence-corrected chi connectivity index (χ4v) is 4.01. The molecule has 0 spiro atoms. The molecule has 5 heteroatoms. The Morgan fingerprint density at radius 3 is 2.48 bits per heavy atom. The van der Waals surface area contributed by atoms with Gasteiger partial charge >= 0.3 is 5.97 Å². The van der Waals surface area contributed by atoms with Crippen molar-refractivity contribution in [3.63, 3.8) is 0 Å². The molecule has 0 aliphatic rings. The number of carboxylic acids is 1. The van der Waals surface area contributed by atoms with Gasteiger partial charge in [-0.3, -0.25) is 0 Å². The number of benzene rings is 2. The van der Waals surface area contributed by atoms with Gasteiger partial charge in [0, 0.05) is 9.86 Å². The molecule has 0 fully saturated rings. The van der Waals surface area contributed by atoms with Gasteiger partial charge in [-0.2, -0.15) is 0 Å². The van der Waals surface area contributed by atoms with Crippen molar-refractivity contribution in [3.8, 4) is 0 Å². The zero-order chi connectivity index (χ0) is 15.0. The van der Waals surface area contributed by atoms with Gasteiger partial charge in [-0.15, -0.1) is 11.3 Å². The highest BCUT2D eigenvalue weighted by atomic mass is 79.9. The highest BCUT2D eigenvalue weighted by Gasteiger charge is 2.20. The first-order valence-electron chi connectivity index (χ1n) is 6.25. The van der Waals surface area contributed by atoms with Crippen molar-refractivity contribution in [2.75, 3.05) is 0 Å². The molecule has 0 saturated carbocycles. The van der Waals surface area contributed by atoms with Crippen LogP contribution in [0.2, 0.25) is 0 Å². The average molecular weight is 363 g/mol. The van der Waals surface area contributed by atoms with E-state index in [4.69, 9.17) is 0 Å². The number of fused-ring (bicyclic) bond motifs is 1. The first-order valence-corrected chi connectivity index (χ1v) is 7.92. The Morgan fingerprint density at radius 1 is 1.14 bits per heavy atom. The second-order valence-corrected chi connectivity index (χ2v) is 6.39. The van der Waals surface area contributed by atoms with Crippen LogP contribution in [-0.2, 0) is 0 Å². The van der Waals surface area contributed by atoms with Crippen molar-refractivity contribution < 1.29 is 15.0 Å². The zero-order valence-electron chi connectivity index (χ0n) is 10.8. The second-order valence-electron chi connectivity index (χ2n) is 4.59. The quantitative estimate of drug-likeness (QED) is 0.723. The molecule has 0 amide bonds. The fourth-order valence-electron chi connectivity index (χ4n) is 2.42. The number of halogens is 1. The SMILES string of the molecule is O=C(O)c1cccc2cccc(C(O)c3sccc3Br)c12. The van der Waals surface area contributed by atoms with E-state index in [2.05, 4.69) is 15.9 Å². The van der Waals surface area contributed by atoms with Gasteiger partial charge in [0.05, 0.1) is 10.4 Å². The molecule has 0 aliphatic heterocycles. The minimum absolute atomic E-state index is 0.204. The predicted molar refractivity (Wildman–Crippen MR) is 87.0 cm³/mol. The van der Waals surface area contributed by atoms with Crippen LogP contribution in [0, 0.1) is 0 Å². The van der Waals surface area contributed by atoms with Gasteiger partial charge in [-0.25, -0.2) is 4.79 Å². The Hall–Kier alpha value is -1.69. The summed E-state index contributed by atoms with van der Waals surface area (Å²) in [4.78, 5) is 12.2. The zero-order valence-corrected chi connectivity index (χ0v) is 13.2. The fraction of sp³-hybridized carbons (Fsp3) is 0.0625. The van der Waals surface area contributed by atoms with Crippen molar-refractivity contribution in [2.24, 2.45) is 0 Å². The number of aliphatic hydroxyl groups excluding tert-OH is 1. The van der Waals surface area contributed by atoms with E-state index in [-0.39, 0.29) is 5.56 Å². The summed E-state index contributed by atoms with van der Waals surface area (Å²) in [5.74, 6) is -0.995. The van der Waals surface area contributed by atoms with Crippen LogP contribution in [-0.4, -0.2) is 16.2 Å². The van der Waals surface area contributed by atoms with Crippen LogP contribution in [0.1, 0.15) is 26.9 Å². The number of hydrogen-bond donors (Lipinski definition) is 2. The maximum atomic E-state index is 11.5. The molecule has 21 heavy (non-hydrogen) atoms. The number of aliphatic hydroxyl groups is 1. The highest BCUT2D eigenvalue weighted by molar-refractivity contribution is 9.10. The summed E-state index contributed by atoms with van der Waals surface area (Å²) in [5.41, 5.74) is 0.809. The smallest absolute Gasteiger partial charge is 0.336 e. The topological polar surface area (TPSA) is 57.5 Å². The number of carbonyl (C=O) groups is 1. The number of hydrogen-bond acceptors (Lipinski definition) is 3. The Labute approximate surface area is 133 Å². The molecule has 1 atom stereocenters. The summed E-state index contributed by atoms with van der Waals surface area (Å²) in [5, 5.41) is 23.3. The minimum Gasteiger partial charge on any atom is -0.478 e. The molecule has 0 saturated heterocycles. The van der Waals surface area contributed by atoms with E-state index < -0.39 is 12.1 Å². The van der Waals surface area contributed by atoms with Crippen molar-refractivity contribution in [3.05, 3.63) is 68.3 Å². The predicted octanol–water partition coefficient (Wildman–Crippen LogP) is 4.44. The summed E-state index contributed by atoms with van der Waals surface area (Å²) in [6.45, 7) is 0. The van der Waals surface area contributed by atoms with Gasteiger partial charge < -0.3 is 10.2 Å². The Kier molecular flexibility index (Phi) is 3.80. The molecule has 1 aromatic heterocycles. The molecule has 1 unspecified atom stereocenters. The van der Waals surface area contributed by atoms with E-state index in [1.165, 1.54) is 11.3 Å². The van der Waals surface area contributed by atoms with Crippen LogP contribution in [0.3, 0.4) is 0 Å². The molecule has 0 aliphatic carbocycles. The van der Waals surface area contributed by atoms with Crippen LogP contribution < -0.4 is 0 Å². The lowest BCUT2D eigenvalue weighted by molar-refractivity contribution is 0.0699. The van der Waals surface area contributed by atoms with E-state index in [0.717, 1.165) is 14.7 Å². The molecular formula is C16H11BrO3S. The minimum atomic E-state index is -0.995. The van der Waals surface area contributed by atoms with Crippen LogP contribution in [0.5, 0.6) is 0 Å². The van der Waals surface area contributed by atoms with Crippen LogP contribution in [0.15, 0.2) is 52.3 Å².